The molecule has 0 fully saturated rings. The third kappa shape index (κ3) is 2.43. The Balaban J connectivity index is 1.65. The van der Waals surface area contributed by atoms with E-state index < -0.39 is 0 Å². The van der Waals surface area contributed by atoms with Gasteiger partial charge in [-0.25, -0.2) is 0 Å². The van der Waals surface area contributed by atoms with Crippen LogP contribution >= 0.6 is 11.8 Å². The first-order valence-electron chi connectivity index (χ1n) is 7.08. The van der Waals surface area contributed by atoms with Gasteiger partial charge in [0.25, 0.3) is 0 Å². The van der Waals surface area contributed by atoms with Crippen LogP contribution in [0.4, 0.5) is 5.69 Å². The van der Waals surface area contributed by atoms with Crippen molar-refractivity contribution in [2.75, 3.05) is 5.32 Å². The van der Waals surface area contributed by atoms with E-state index in [4.69, 9.17) is 0 Å². The highest BCUT2D eigenvalue weighted by molar-refractivity contribution is 8.00. The summed E-state index contributed by atoms with van der Waals surface area (Å²) in [6, 6.07) is 27.8. The molecule has 0 amide bonds. The molecule has 21 heavy (non-hydrogen) atoms. The van der Waals surface area contributed by atoms with E-state index >= 15 is 0 Å². The van der Waals surface area contributed by atoms with Gasteiger partial charge in [0.1, 0.15) is 5.37 Å². The van der Waals surface area contributed by atoms with Crippen molar-refractivity contribution >= 4 is 17.4 Å². The minimum atomic E-state index is 0.312. The van der Waals surface area contributed by atoms with Crippen LogP contribution in [0.1, 0.15) is 10.9 Å². The molecule has 3 aromatic carbocycles. The maximum atomic E-state index is 3.59. The van der Waals surface area contributed by atoms with E-state index in [2.05, 4.69) is 84.2 Å². The number of thioether (sulfide) groups is 1. The molecule has 0 saturated carbocycles. The van der Waals surface area contributed by atoms with Gasteiger partial charge in [-0.05, 0) is 28.8 Å². The Morgan fingerprint density at radius 1 is 0.714 bits per heavy atom. The quantitative estimate of drug-likeness (QED) is 0.662. The van der Waals surface area contributed by atoms with E-state index in [-0.39, 0.29) is 0 Å². The molecule has 1 N–H and O–H groups in total. The number of anilines is 1. The number of benzene rings is 3. The first-order valence-corrected chi connectivity index (χ1v) is 7.96. The fraction of sp³-hybridized carbons (Fsp3) is 0.0526. The summed E-state index contributed by atoms with van der Waals surface area (Å²) in [6.45, 7) is 0. The van der Waals surface area contributed by atoms with Crippen molar-refractivity contribution in [3.8, 4) is 11.1 Å². The third-order valence-electron chi connectivity index (χ3n) is 3.72. The van der Waals surface area contributed by atoms with E-state index in [1.165, 1.54) is 27.3 Å². The summed E-state index contributed by atoms with van der Waals surface area (Å²) in [5.41, 5.74) is 5.09. The molecule has 1 heterocycles. The van der Waals surface area contributed by atoms with Crippen molar-refractivity contribution in [2.45, 2.75) is 10.3 Å². The second kappa shape index (κ2) is 5.30. The Morgan fingerprint density at radius 2 is 1.43 bits per heavy atom. The molecule has 0 saturated heterocycles. The average Bonchev–Trinajstić information content (AvgIpc) is 2.99. The number of hydrogen-bond acceptors (Lipinski definition) is 2. The van der Waals surface area contributed by atoms with Crippen molar-refractivity contribution in [1.82, 2.24) is 0 Å². The van der Waals surface area contributed by atoms with Crippen LogP contribution in [0, 0.1) is 0 Å². The zero-order valence-corrected chi connectivity index (χ0v) is 12.3. The molecule has 0 spiro atoms. The molecule has 1 unspecified atom stereocenters. The average molecular weight is 289 g/mol. The maximum absolute atomic E-state index is 3.59. The lowest BCUT2D eigenvalue weighted by molar-refractivity contribution is 1.13. The molecule has 0 aliphatic carbocycles. The second-order valence-corrected chi connectivity index (χ2v) is 6.28. The summed E-state index contributed by atoms with van der Waals surface area (Å²) in [6.07, 6.45) is 0. The van der Waals surface area contributed by atoms with Crippen LogP contribution in [0.15, 0.2) is 83.8 Å². The molecule has 2 heteroatoms. The smallest absolute Gasteiger partial charge is 0.103 e. The Kier molecular flexibility index (Phi) is 3.17. The Bertz CT molecular complexity index is 753. The number of nitrogens with one attached hydrogen (secondary N) is 1. The van der Waals surface area contributed by atoms with Gasteiger partial charge in [-0.15, -0.1) is 0 Å². The van der Waals surface area contributed by atoms with Gasteiger partial charge in [0.2, 0.25) is 0 Å². The molecule has 1 aliphatic heterocycles. The Morgan fingerprint density at radius 3 is 2.19 bits per heavy atom. The van der Waals surface area contributed by atoms with Crippen molar-refractivity contribution in [3.05, 3.63) is 84.4 Å². The predicted molar refractivity (Wildman–Crippen MR) is 90.5 cm³/mol. The van der Waals surface area contributed by atoms with Crippen molar-refractivity contribution < 1.29 is 0 Å². The molecule has 0 bridgehead atoms. The summed E-state index contributed by atoms with van der Waals surface area (Å²) >= 11 is 1.89. The van der Waals surface area contributed by atoms with E-state index in [9.17, 15) is 0 Å². The lowest BCUT2D eigenvalue weighted by atomic mass is 10.1. The minimum absolute atomic E-state index is 0.312. The molecule has 0 radical (unpaired) electrons. The summed E-state index contributed by atoms with van der Waals surface area (Å²) in [5.74, 6) is 0. The fourth-order valence-electron chi connectivity index (χ4n) is 2.63. The van der Waals surface area contributed by atoms with Gasteiger partial charge in [0.15, 0.2) is 0 Å². The summed E-state index contributed by atoms with van der Waals surface area (Å²) in [5, 5.41) is 3.90. The van der Waals surface area contributed by atoms with Crippen LogP contribution in [-0.4, -0.2) is 0 Å². The molecule has 1 nitrogen and oxygen atoms in total. The summed E-state index contributed by atoms with van der Waals surface area (Å²) in [4.78, 5) is 1.32. The van der Waals surface area contributed by atoms with Gasteiger partial charge in [0.05, 0.1) is 0 Å². The van der Waals surface area contributed by atoms with Crippen LogP contribution in [0.5, 0.6) is 0 Å². The molecule has 102 valence electrons. The first kappa shape index (κ1) is 12.5. The zero-order valence-electron chi connectivity index (χ0n) is 11.5. The highest BCUT2D eigenvalue weighted by Gasteiger charge is 2.22. The summed E-state index contributed by atoms with van der Waals surface area (Å²) < 4.78 is 0. The van der Waals surface area contributed by atoms with Gasteiger partial charge in [-0.3, -0.25) is 0 Å². The summed E-state index contributed by atoms with van der Waals surface area (Å²) in [7, 11) is 0. The van der Waals surface area contributed by atoms with Crippen molar-refractivity contribution in [3.63, 3.8) is 0 Å². The van der Waals surface area contributed by atoms with Crippen LogP contribution in [0.2, 0.25) is 0 Å². The number of hydrogen-bond donors (Lipinski definition) is 1. The predicted octanol–water partition coefficient (Wildman–Crippen LogP) is 5.57. The lowest BCUT2D eigenvalue weighted by Gasteiger charge is -2.09. The molecular formula is C19H15NS. The molecule has 4 rings (SSSR count). The Hall–Kier alpha value is -2.19. The highest BCUT2D eigenvalue weighted by atomic mass is 32.2. The number of fused-ring (bicyclic) bond motifs is 1. The normalized spacial score (nSPS) is 16.3. The third-order valence-corrected chi connectivity index (χ3v) is 4.94. The largest absolute Gasteiger partial charge is 0.368 e. The van der Waals surface area contributed by atoms with Crippen LogP contribution in [0.3, 0.4) is 0 Å². The van der Waals surface area contributed by atoms with E-state index in [0.717, 1.165) is 0 Å². The van der Waals surface area contributed by atoms with E-state index in [1.807, 2.05) is 11.8 Å². The van der Waals surface area contributed by atoms with Crippen molar-refractivity contribution in [2.24, 2.45) is 0 Å². The van der Waals surface area contributed by atoms with Crippen molar-refractivity contribution in [1.29, 1.82) is 0 Å². The van der Waals surface area contributed by atoms with Gasteiger partial charge >= 0.3 is 0 Å². The van der Waals surface area contributed by atoms with Crippen LogP contribution in [0.25, 0.3) is 11.1 Å². The molecule has 1 aliphatic rings. The lowest BCUT2D eigenvalue weighted by Crippen LogP contribution is -2.00. The number of rotatable bonds is 2. The molecule has 3 aromatic rings. The Labute approximate surface area is 129 Å². The standard InChI is InChI=1S/C19H15NS/c1-3-7-14(8-4-1)16-11-12-17-18(13-16)21-19(20-17)15-9-5-2-6-10-15/h1-13,19-20H. The molecule has 1 atom stereocenters. The van der Waals surface area contributed by atoms with Gasteiger partial charge in [0, 0.05) is 10.6 Å². The fourth-order valence-corrected chi connectivity index (χ4v) is 3.81. The molecular weight excluding hydrogens is 274 g/mol. The molecule has 0 aromatic heterocycles. The van der Waals surface area contributed by atoms with Crippen LogP contribution < -0.4 is 5.32 Å². The minimum Gasteiger partial charge on any atom is -0.368 e. The van der Waals surface area contributed by atoms with Crippen LogP contribution in [-0.2, 0) is 0 Å². The zero-order chi connectivity index (χ0) is 14.1. The topological polar surface area (TPSA) is 12.0 Å². The van der Waals surface area contributed by atoms with Gasteiger partial charge < -0.3 is 5.32 Å². The monoisotopic (exact) mass is 289 g/mol. The maximum Gasteiger partial charge on any atom is 0.103 e. The first-order chi connectivity index (χ1) is 10.4. The second-order valence-electron chi connectivity index (χ2n) is 5.13. The van der Waals surface area contributed by atoms with Gasteiger partial charge in [-0.2, -0.15) is 0 Å². The SMILES string of the molecule is c1ccc(-c2ccc3c(c2)SC(c2ccccc2)N3)cc1. The highest BCUT2D eigenvalue weighted by Crippen LogP contribution is 2.47. The van der Waals surface area contributed by atoms with Gasteiger partial charge in [-0.1, -0.05) is 78.5 Å². The van der Waals surface area contributed by atoms with E-state index in [0.29, 0.717) is 5.37 Å². The van der Waals surface area contributed by atoms with E-state index in [1.54, 1.807) is 0 Å².